The number of carbonyl (C=O) groups excluding carboxylic acids is 1. The van der Waals surface area contributed by atoms with Crippen molar-refractivity contribution in [2.75, 3.05) is 11.9 Å². The summed E-state index contributed by atoms with van der Waals surface area (Å²) in [6.07, 6.45) is 3.44. The lowest BCUT2D eigenvalue weighted by atomic mass is 10.1. The fraction of sp³-hybridized carbons (Fsp3) is 0.125. The maximum atomic E-state index is 12.5. The van der Waals surface area contributed by atoms with Gasteiger partial charge in [-0.1, -0.05) is 29.0 Å². The number of rotatable bonds is 3. The minimum absolute atomic E-state index is 0.0995. The van der Waals surface area contributed by atoms with Crippen LogP contribution in [0, 0.1) is 6.92 Å². The molecule has 0 saturated heterocycles. The van der Waals surface area contributed by atoms with Crippen molar-refractivity contribution in [2.24, 2.45) is 0 Å². The van der Waals surface area contributed by atoms with E-state index in [-0.39, 0.29) is 5.91 Å². The first-order valence-electron chi connectivity index (χ1n) is 6.74. The van der Waals surface area contributed by atoms with E-state index in [9.17, 15) is 4.79 Å². The Kier molecular flexibility index (Phi) is 3.93. The fourth-order valence-corrected chi connectivity index (χ4v) is 2.81. The van der Waals surface area contributed by atoms with Crippen LogP contribution in [0.2, 0.25) is 0 Å². The van der Waals surface area contributed by atoms with Crippen molar-refractivity contribution >= 4 is 22.4 Å². The summed E-state index contributed by atoms with van der Waals surface area (Å²) in [6, 6.07) is 11.3. The summed E-state index contributed by atoms with van der Waals surface area (Å²) in [7, 11) is 1.71. The van der Waals surface area contributed by atoms with Crippen LogP contribution in [0.4, 0.5) is 5.13 Å². The molecule has 0 aliphatic carbocycles. The molecule has 3 rings (SSSR count). The van der Waals surface area contributed by atoms with Gasteiger partial charge in [0.2, 0.25) is 5.13 Å². The fourth-order valence-electron chi connectivity index (χ4n) is 2.02. The van der Waals surface area contributed by atoms with Gasteiger partial charge in [-0.25, -0.2) is 0 Å². The number of amides is 1. The summed E-state index contributed by atoms with van der Waals surface area (Å²) in [5, 5.41) is 9.55. The first-order valence-corrected chi connectivity index (χ1v) is 7.55. The third kappa shape index (κ3) is 2.87. The van der Waals surface area contributed by atoms with E-state index in [1.807, 2.05) is 37.3 Å². The number of hydrogen-bond acceptors (Lipinski definition) is 5. The maximum absolute atomic E-state index is 12.5. The highest BCUT2D eigenvalue weighted by molar-refractivity contribution is 7.18. The van der Waals surface area contributed by atoms with Gasteiger partial charge in [-0.05, 0) is 31.2 Å². The average Bonchev–Trinajstić information content (AvgIpc) is 3.04. The molecule has 2 aromatic heterocycles. The second kappa shape index (κ2) is 6.03. The van der Waals surface area contributed by atoms with E-state index >= 15 is 0 Å². The number of pyridine rings is 1. The summed E-state index contributed by atoms with van der Waals surface area (Å²) in [5.74, 6) is -0.0995. The summed E-state index contributed by atoms with van der Waals surface area (Å²) in [5.41, 5.74) is 2.58. The Morgan fingerprint density at radius 3 is 2.77 bits per heavy atom. The van der Waals surface area contributed by atoms with E-state index in [0.29, 0.717) is 10.7 Å². The van der Waals surface area contributed by atoms with E-state index < -0.39 is 0 Å². The molecule has 3 aromatic rings. The van der Waals surface area contributed by atoms with Crippen molar-refractivity contribution in [3.05, 3.63) is 59.9 Å². The van der Waals surface area contributed by atoms with E-state index in [4.69, 9.17) is 0 Å². The smallest absolute Gasteiger partial charge is 0.259 e. The highest BCUT2D eigenvalue weighted by atomic mass is 32.1. The van der Waals surface area contributed by atoms with Crippen molar-refractivity contribution in [1.82, 2.24) is 15.2 Å². The second-order valence-corrected chi connectivity index (χ2v) is 5.82. The zero-order chi connectivity index (χ0) is 15.5. The molecule has 1 amide bonds. The van der Waals surface area contributed by atoms with Crippen molar-refractivity contribution in [3.8, 4) is 10.6 Å². The van der Waals surface area contributed by atoms with Crippen molar-refractivity contribution < 1.29 is 4.79 Å². The molecule has 0 radical (unpaired) electrons. The normalized spacial score (nSPS) is 10.5. The molecule has 0 aliphatic heterocycles. The molecule has 110 valence electrons. The Hall–Kier alpha value is -2.60. The van der Waals surface area contributed by atoms with Gasteiger partial charge < -0.3 is 0 Å². The van der Waals surface area contributed by atoms with Gasteiger partial charge in [0.1, 0.15) is 0 Å². The molecule has 0 spiro atoms. The topological polar surface area (TPSA) is 59.0 Å². The Labute approximate surface area is 132 Å². The molecule has 1 aromatic carbocycles. The lowest BCUT2D eigenvalue weighted by molar-refractivity contribution is 0.0992. The van der Waals surface area contributed by atoms with Crippen molar-refractivity contribution in [2.45, 2.75) is 6.92 Å². The Balaban J connectivity index is 1.85. The molecule has 22 heavy (non-hydrogen) atoms. The van der Waals surface area contributed by atoms with E-state index in [1.165, 1.54) is 16.2 Å². The summed E-state index contributed by atoms with van der Waals surface area (Å²) in [4.78, 5) is 18.1. The zero-order valence-electron chi connectivity index (χ0n) is 12.2. The molecule has 0 unspecified atom stereocenters. The monoisotopic (exact) mass is 310 g/mol. The first kappa shape index (κ1) is 14.3. The highest BCUT2D eigenvalue weighted by Gasteiger charge is 2.18. The number of benzene rings is 1. The summed E-state index contributed by atoms with van der Waals surface area (Å²) < 4.78 is 0. The number of hydrogen-bond donors (Lipinski definition) is 0. The van der Waals surface area contributed by atoms with Crippen LogP contribution >= 0.6 is 11.3 Å². The Bertz CT molecular complexity index is 801. The van der Waals surface area contributed by atoms with Gasteiger partial charge in [-0.2, -0.15) is 0 Å². The van der Waals surface area contributed by atoms with Crippen LogP contribution in [0.5, 0.6) is 0 Å². The van der Waals surface area contributed by atoms with Crippen LogP contribution in [0.1, 0.15) is 15.9 Å². The molecule has 0 saturated carbocycles. The molecule has 0 N–H and O–H groups in total. The lowest BCUT2D eigenvalue weighted by Gasteiger charge is -2.13. The van der Waals surface area contributed by atoms with Crippen molar-refractivity contribution in [3.63, 3.8) is 0 Å². The van der Waals surface area contributed by atoms with E-state index in [0.717, 1.165) is 16.1 Å². The largest absolute Gasteiger partial charge is 0.286 e. The quantitative estimate of drug-likeness (QED) is 0.745. The van der Waals surface area contributed by atoms with Gasteiger partial charge in [-0.3, -0.25) is 14.7 Å². The van der Waals surface area contributed by atoms with Gasteiger partial charge >= 0.3 is 0 Å². The third-order valence-electron chi connectivity index (χ3n) is 3.18. The number of nitrogens with zero attached hydrogens (tertiary/aromatic N) is 4. The molecule has 0 atom stereocenters. The number of aryl methyl sites for hydroxylation is 1. The van der Waals surface area contributed by atoms with Gasteiger partial charge in [0, 0.05) is 30.6 Å². The lowest BCUT2D eigenvalue weighted by Crippen LogP contribution is -2.26. The van der Waals surface area contributed by atoms with Crippen molar-refractivity contribution in [1.29, 1.82) is 0 Å². The average molecular weight is 310 g/mol. The molecule has 0 bridgehead atoms. The molecule has 0 aliphatic rings. The molecular formula is C16H14N4OS. The van der Waals surface area contributed by atoms with E-state index in [2.05, 4.69) is 15.2 Å². The Morgan fingerprint density at radius 1 is 1.18 bits per heavy atom. The molecule has 2 heterocycles. The number of aromatic nitrogens is 3. The van der Waals surface area contributed by atoms with Crippen LogP contribution in [0.3, 0.4) is 0 Å². The standard InChI is InChI=1S/C16H14N4OS/c1-11-5-3-6-12(9-11)15(21)20(2)16-19-18-14(22-16)13-7-4-8-17-10-13/h3-10H,1-2H3. The van der Waals surface area contributed by atoms with Gasteiger partial charge in [-0.15, -0.1) is 10.2 Å². The van der Waals surface area contributed by atoms with Gasteiger partial charge in [0.15, 0.2) is 5.01 Å². The predicted octanol–water partition coefficient (Wildman–Crippen LogP) is 3.19. The van der Waals surface area contributed by atoms with Gasteiger partial charge in [0.05, 0.1) is 0 Å². The van der Waals surface area contributed by atoms with E-state index in [1.54, 1.807) is 25.5 Å². The minimum atomic E-state index is -0.0995. The molecule has 0 fully saturated rings. The molecule has 5 nitrogen and oxygen atoms in total. The molecular weight excluding hydrogens is 296 g/mol. The van der Waals surface area contributed by atoms with Crippen LogP contribution in [0.25, 0.3) is 10.6 Å². The first-order chi connectivity index (χ1) is 10.6. The molecule has 6 heteroatoms. The van der Waals surface area contributed by atoms with Crippen LogP contribution in [-0.4, -0.2) is 28.1 Å². The predicted molar refractivity (Wildman–Crippen MR) is 87.1 cm³/mol. The minimum Gasteiger partial charge on any atom is -0.286 e. The van der Waals surface area contributed by atoms with Crippen LogP contribution in [-0.2, 0) is 0 Å². The van der Waals surface area contributed by atoms with Gasteiger partial charge in [0.25, 0.3) is 5.91 Å². The number of carbonyl (C=O) groups is 1. The summed E-state index contributed by atoms with van der Waals surface area (Å²) in [6.45, 7) is 1.96. The zero-order valence-corrected chi connectivity index (χ0v) is 13.0. The van der Waals surface area contributed by atoms with Crippen LogP contribution < -0.4 is 4.90 Å². The Morgan fingerprint density at radius 2 is 2.05 bits per heavy atom. The second-order valence-electron chi connectivity index (χ2n) is 4.87. The van der Waals surface area contributed by atoms with Crippen LogP contribution in [0.15, 0.2) is 48.8 Å². The maximum Gasteiger partial charge on any atom is 0.259 e. The highest BCUT2D eigenvalue weighted by Crippen LogP contribution is 2.28. The third-order valence-corrected chi connectivity index (χ3v) is 4.23. The SMILES string of the molecule is Cc1cccc(C(=O)N(C)c2nnc(-c3cccnc3)s2)c1. The number of anilines is 1. The summed E-state index contributed by atoms with van der Waals surface area (Å²) >= 11 is 1.36.